The summed E-state index contributed by atoms with van der Waals surface area (Å²) in [6.45, 7) is 5.22. The van der Waals surface area contributed by atoms with Gasteiger partial charge in [0.2, 0.25) is 11.8 Å². The van der Waals surface area contributed by atoms with E-state index in [9.17, 15) is 29.0 Å². The molecule has 0 radical (unpaired) electrons. The van der Waals surface area contributed by atoms with Crippen molar-refractivity contribution in [3.05, 3.63) is 34.6 Å². The molecule has 4 aliphatic rings. The number of hydrogen-bond donors (Lipinski definition) is 4. The minimum absolute atomic E-state index is 0.00875. The second-order valence-corrected chi connectivity index (χ2v) is 12.3. The van der Waals surface area contributed by atoms with Crippen molar-refractivity contribution in [2.45, 2.75) is 81.9 Å². The van der Waals surface area contributed by atoms with Crippen LogP contribution in [0.2, 0.25) is 5.02 Å². The quantitative estimate of drug-likeness (QED) is 0.376. The number of urea groups is 1. The largest absolute Gasteiger partial charge is 0.388 e. The molecule has 12 nitrogen and oxygen atoms in total. The maximum atomic E-state index is 14.2. The van der Waals surface area contributed by atoms with E-state index in [2.05, 4.69) is 10.6 Å². The molecule has 0 unspecified atom stereocenters. The first-order chi connectivity index (χ1) is 20.0. The normalized spacial score (nSPS) is 32.8. The van der Waals surface area contributed by atoms with Gasteiger partial charge in [-0.25, -0.2) is 9.18 Å². The van der Waals surface area contributed by atoms with Crippen molar-refractivity contribution in [2.24, 2.45) is 0 Å². The average molecular weight is 612 g/mol. The molecule has 1 aromatic carbocycles. The first-order valence-corrected chi connectivity index (χ1v) is 14.8. The molecular weight excluding hydrogens is 573 g/mol. The predicted molar refractivity (Wildman–Crippen MR) is 149 cm³/mol. The van der Waals surface area contributed by atoms with Crippen LogP contribution in [0.1, 0.15) is 32.3 Å². The number of aliphatic hydroxyl groups is 2. The number of carbonyl (C=O) groups is 3. The van der Waals surface area contributed by atoms with E-state index >= 15 is 0 Å². The molecule has 5 rings (SSSR count). The van der Waals surface area contributed by atoms with Crippen LogP contribution in [0.25, 0.3) is 0 Å². The Bertz CT molecular complexity index is 1180. The van der Waals surface area contributed by atoms with E-state index in [1.807, 2.05) is 18.7 Å². The minimum atomic E-state index is -1.32. The molecule has 4 aliphatic heterocycles. The summed E-state index contributed by atoms with van der Waals surface area (Å²) in [7, 11) is 0. The van der Waals surface area contributed by atoms with Crippen LogP contribution in [-0.2, 0) is 25.6 Å². The van der Waals surface area contributed by atoms with Crippen LogP contribution in [-0.4, -0.2) is 131 Å². The van der Waals surface area contributed by atoms with Gasteiger partial charge in [0.15, 0.2) is 0 Å². The van der Waals surface area contributed by atoms with E-state index in [0.717, 1.165) is 0 Å². The molecule has 0 spiro atoms. The van der Waals surface area contributed by atoms with Crippen molar-refractivity contribution in [1.29, 1.82) is 0 Å². The Kier molecular flexibility index (Phi) is 9.55. The van der Waals surface area contributed by atoms with E-state index in [-0.39, 0.29) is 62.2 Å². The molecule has 0 aromatic heterocycles. The third-order valence-corrected chi connectivity index (χ3v) is 8.55. The summed E-state index contributed by atoms with van der Waals surface area (Å²) in [6, 6.07) is 3.01. The number of fused-ring (bicyclic) bond motifs is 6. The van der Waals surface area contributed by atoms with Crippen LogP contribution in [0.15, 0.2) is 18.2 Å². The molecule has 0 saturated carbocycles. The van der Waals surface area contributed by atoms with Crippen molar-refractivity contribution in [3.63, 3.8) is 0 Å². The van der Waals surface area contributed by atoms with Crippen molar-refractivity contribution < 1.29 is 38.5 Å². The molecule has 232 valence electrons. The monoisotopic (exact) mass is 611 g/mol. The fourth-order valence-corrected chi connectivity index (χ4v) is 6.33. The van der Waals surface area contributed by atoms with Crippen LogP contribution in [0.3, 0.4) is 0 Å². The first-order valence-electron chi connectivity index (χ1n) is 14.4. The standard InChI is InChI=1S/C28H39ClFN5O7/c1-15(2)31-28(40)35-13-18-12-33(5-6-41-18)27(39)21-8-17(11-34(21)10-16-3-4-19(29)20(30)7-16)32-24(36)9-22-25(37)26(38)23(14-35)42-22/h3-4,7,15,17-18,21-23,25-26,37-38H,5-6,8-14H2,1-2H3,(H,31,40)(H,32,36)/t17-,18-,21-,22-,23+,25-,26+/m0/s1. The van der Waals surface area contributed by atoms with Crippen molar-refractivity contribution in [1.82, 2.24) is 25.3 Å². The lowest BCUT2D eigenvalue weighted by Crippen LogP contribution is -2.56. The number of nitrogens with zero attached hydrogens (tertiary/aromatic N) is 3. The number of aliphatic hydroxyl groups excluding tert-OH is 2. The molecule has 4 heterocycles. The highest BCUT2D eigenvalue weighted by Gasteiger charge is 2.46. The summed E-state index contributed by atoms with van der Waals surface area (Å²) >= 11 is 5.86. The summed E-state index contributed by atoms with van der Waals surface area (Å²) in [4.78, 5) is 45.2. The number of nitrogens with one attached hydrogen (secondary N) is 2. The molecule has 7 atom stereocenters. The highest BCUT2D eigenvalue weighted by molar-refractivity contribution is 6.30. The molecule has 4 N–H and O–H groups in total. The SMILES string of the molecule is CC(C)NC(=O)N1C[C@@H]2CN(CCO2)C(=O)[C@@H]2C[C@@H](CN2Cc2ccc(Cl)c(F)c2)NC(=O)C[C@@H]2O[C@H](C1)[C@@H](O)[C@H]2O. The number of ether oxygens (including phenoxy) is 2. The topological polar surface area (TPSA) is 144 Å². The summed E-state index contributed by atoms with van der Waals surface area (Å²) in [5.41, 5.74) is 0.640. The second-order valence-electron chi connectivity index (χ2n) is 11.9. The lowest BCUT2D eigenvalue weighted by atomic mass is 10.0. The highest BCUT2D eigenvalue weighted by atomic mass is 35.5. The van der Waals surface area contributed by atoms with Crippen molar-refractivity contribution in [2.75, 3.05) is 39.3 Å². The van der Waals surface area contributed by atoms with Crippen LogP contribution in [0.4, 0.5) is 9.18 Å². The molecule has 14 heteroatoms. The van der Waals surface area contributed by atoms with Crippen LogP contribution in [0.5, 0.6) is 0 Å². The van der Waals surface area contributed by atoms with Gasteiger partial charge >= 0.3 is 6.03 Å². The number of rotatable bonds is 3. The molecule has 1 aromatic rings. The van der Waals surface area contributed by atoms with E-state index < -0.39 is 54.3 Å². The Morgan fingerprint density at radius 1 is 1.17 bits per heavy atom. The molecular formula is C28H39ClFN5O7. The van der Waals surface area contributed by atoms with Gasteiger partial charge in [0.1, 0.15) is 24.1 Å². The van der Waals surface area contributed by atoms with Crippen LogP contribution < -0.4 is 10.6 Å². The number of likely N-dealkylation sites (tertiary alicyclic amines) is 1. The smallest absolute Gasteiger partial charge is 0.317 e. The average Bonchev–Trinajstić information content (AvgIpc) is 3.44. The predicted octanol–water partition coefficient (Wildman–Crippen LogP) is 0.0785. The minimum Gasteiger partial charge on any atom is -0.388 e. The van der Waals surface area contributed by atoms with E-state index in [0.29, 0.717) is 25.1 Å². The van der Waals surface area contributed by atoms with Gasteiger partial charge in [-0.3, -0.25) is 14.5 Å². The number of halogens is 2. The van der Waals surface area contributed by atoms with Gasteiger partial charge in [0.05, 0.1) is 49.4 Å². The number of carbonyl (C=O) groups excluding carboxylic acids is 3. The number of amides is 4. The summed E-state index contributed by atoms with van der Waals surface area (Å²) in [5, 5.41) is 27.2. The van der Waals surface area contributed by atoms with E-state index in [4.69, 9.17) is 21.1 Å². The van der Waals surface area contributed by atoms with Crippen LogP contribution >= 0.6 is 11.6 Å². The number of morpholine rings is 1. The fourth-order valence-electron chi connectivity index (χ4n) is 6.21. The Hall–Kier alpha value is -2.55. The molecule has 42 heavy (non-hydrogen) atoms. The maximum absolute atomic E-state index is 14.2. The zero-order chi connectivity index (χ0) is 30.1. The lowest BCUT2D eigenvalue weighted by molar-refractivity contribution is -0.144. The molecule has 6 bridgehead atoms. The zero-order valence-electron chi connectivity index (χ0n) is 23.7. The summed E-state index contributed by atoms with van der Waals surface area (Å²) in [5.74, 6) is -1.08. The fraction of sp³-hybridized carbons (Fsp3) is 0.679. The van der Waals surface area contributed by atoms with E-state index in [1.54, 1.807) is 11.0 Å². The third kappa shape index (κ3) is 6.98. The third-order valence-electron chi connectivity index (χ3n) is 8.25. The lowest BCUT2D eigenvalue weighted by Gasteiger charge is -2.38. The van der Waals surface area contributed by atoms with Gasteiger partial charge in [-0.05, 0) is 38.0 Å². The van der Waals surface area contributed by atoms with Gasteiger partial charge in [0.25, 0.3) is 0 Å². The summed E-state index contributed by atoms with van der Waals surface area (Å²) in [6.07, 6.45) is -4.88. The first kappa shape index (κ1) is 30.9. The van der Waals surface area contributed by atoms with Crippen molar-refractivity contribution >= 4 is 29.4 Å². The van der Waals surface area contributed by atoms with E-state index in [1.165, 1.54) is 17.0 Å². The van der Waals surface area contributed by atoms with Gasteiger partial charge in [-0.15, -0.1) is 0 Å². The molecule has 4 saturated heterocycles. The van der Waals surface area contributed by atoms with Gasteiger partial charge in [0, 0.05) is 38.3 Å². The Labute approximate surface area is 249 Å². The molecule has 4 fully saturated rings. The Balaban J connectivity index is 1.41. The summed E-state index contributed by atoms with van der Waals surface area (Å²) < 4.78 is 26.1. The number of benzene rings is 1. The molecule has 0 aliphatic carbocycles. The Morgan fingerprint density at radius 2 is 1.93 bits per heavy atom. The zero-order valence-corrected chi connectivity index (χ0v) is 24.5. The van der Waals surface area contributed by atoms with Gasteiger partial charge in [-0.1, -0.05) is 17.7 Å². The number of hydrogen-bond acceptors (Lipinski definition) is 8. The van der Waals surface area contributed by atoms with Crippen molar-refractivity contribution in [3.8, 4) is 0 Å². The molecule has 4 amide bonds. The second kappa shape index (κ2) is 13.0. The van der Waals surface area contributed by atoms with Crippen LogP contribution in [0, 0.1) is 5.82 Å². The van der Waals surface area contributed by atoms with Gasteiger partial charge in [-0.2, -0.15) is 0 Å². The highest BCUT2D eigenvalue weighted by Crippen LogP contribution is 2.28. The van der Waals surface area contributed by atoms with Gasteiger partial charge < -0.3 is 40.1 Å². The maximum Gasteiger partial charge on any atom is 0.317 e. The Morgan fingerprint density at radius 3 is 2.67 bits per heavy atom.